The maximum absolute atomic E-state index is 13.6. The van der Waals surface area contributed by atoms with Gasteiger partial charge >= 0.3 is 0 Å². The van der Waals surface area contributed by atoms with Crippen molar-refractivity contribution >= 4 is 59.9 Å². The molecule has 0 N–H and O–H groups in total. The second-order valence-corrected chi connectivity index (χ2v) is 11.8. The Morgan fingerprint density at radius 3 is 2.51 bits per heavy atom. The molecule has 39 heavy (non-hydrogen) atoms. The second-order valence-electron chi connectivity index (χ2n) is 10.2. The van der Waals surface area contributed by atoms with Gasteiger partial charge in [0.05, 0.1) is 34.8 Å². The van der Waals surface area contributed by atoms with Gasteiger partial charge in [-0.3, -0.25) is 4.79 Å². The number of fused-ring (bicyclic) bond motifs is 2. The Morgan fingerprint density at radius 2 is 1.77 bits per heavy atom. The summed E-state index contributed by atoms with van der Waals surface area (Å²) in [5.74, 6) is 1.91. The van der Waals surface area contributed by atoms with Crippen molar-refractivity contribution in [2.45, 2.75) is 27.7 Å². The first kappa shape index (κ1) is 27.1. The minimum Gasteiger partial charge on any atom is -0.490 e. The molecule has 200 valence electrons. The van der Waals surface area contributed by atoms with Crippen LogP contribution in [0, 0.1) is 5.41 Å². The lowest BCUT2D eigenvalue weighted by atomic mass is 9.99. The Balaban J connectivity index is 1.65. The summed E-state index contributed by atoms with van der Waals surface area (Å²) in [6.07, 6.45) is 1.59. The minimum atomic E-state index is -0.308. The quantitative estimate of drug-likeness (QED) is 0.166. The van der Waals surface area contributed by atoms with Crippen LogP contribution in [-0.2, 0) is 0 Å². The highest BCUT2D eigenvalue weighted by Gasteiger charge is 2.21. The summed E-state index contributed by atoms with van der Waals surface area (Å²) in [5, 5.41) is 5.96. The average Bonchev–Trinajstić information content (AvgIpc) is 3.34. The van der Waals surface area contributed by atoms with Crippen molar-refractivity contribution in [1.82, 2.24) is 9.66 Å². The number of benzene rings is 3. The van der Waals surface area contributed by atoms with Crippen LogP contribution in [0.25, 0.3) is 33.5 Å². The Bertz CT molecular complexity index is 1730. The Morgan fingerprint density at radius 1 is 1.03 bits per heavy atom. The molecule has 0 unspecified atom stereocenters. The molecule has 2 aromatic heterocycles. The predicted octanol–water partition coefficient (Wildman–Crippen LogP) is 8.04. The maximum Gasteiger partial charge on any atom is 0.282 e. The summed E-state index contributed by atoms with van der Waals surface area (Å²) in [7, 11) is 0. The topological polar surface area (TPSA) is 78.9 Å². The highest BCUT2D eigenvalue weighted by Crippen LogP contribution is 2.43. The van der Waals surface area contributed by atoms with E-state index in [1.54, 1.807) is 24.4 Å². The minimum absolute atomic E-state index is 0.0349. The summed E-state index contributed by atoms with van der Waals surface area (Å²) in [6.45, 7) is 9.19. The highest BCUT2D eigenvalue weighted by atomic mass is 79.9. The van der Waals surface area contributed by atoms with Gasteiger partial charge in [-0.15, -0.1) is 0 Å². The summed E-state index contributed by atoms with van der Waals surface area (Å²) in [5.41, 5.74) is 1.60. The van der Waals surface area contributed by atoms with E-state index in [0.717, 1.165) is 5.39 Å². The van der Waals surface area contributed by atoms with Crippen molar-refractivity contribution < 1.29 is 13.9 Å². The molecule has 0 bridgehead atoms. The average molecular weight is 653 g/mol. The van der Waals surface area contributed by atoms with Crippen LogP contribution in [0.5, 0.6) is 11.5 Å². The molecule has 5 rings (SSSR count). The zero-order valence-corrected chi connectivity index (χ0v) is 25.2. The van der Waals surface area contributed by atoms with Crippen LogP contribution >= 0.6 is 31.9 Å². The third-order valence-electron chi connectivity index (χ3n) is 5.82. The SMILES string of the molecule is CCOc1cc(C=Nn2c(-c3cc4ccccc4o3)nc3ccccc3c2=O)c(Br)c(Br)c1OCC(C)(C)C. The lowest BCUT2D eigenvalue weighted by Gasteiger charge is -2.22. The van der Waals surface area contributed by atoms with Crippen LogP contribution in [0.2, 0.25) is 0 Å². The molecule has 9 heteroatoms. The van der Waals surface area contributed by atoms with Crippen LogP contribution in [0.15, 0.2) is 83.9 Å². The number of aromatic nitrogens is 2. The number of hydrogen-bond donors (Lipinski definition) is 0. The summed E-state index contributed by atoms with van der Waals surface area (Å²) in [6, 6.07) is 18.5. The molecular formula is C30H27Br2N3O4. The molecule has 7 nitrogen and oxygen atoms in total. The third kappa shape index (κ3) is 5.65. The summed E-state index contributed by atoms with van der Waals surface area (Å²) >= 11 is 7.31. The van der Waals surface area contributed by atoms with Gasteiger partial charge in [0.2, 0.25) is 5.82 Å². The van der Waals surface area contributed by atoms with E-state index in [1.165, 1.54) is 4.68 Å². The number of halogens is 2. The Hall–Kier alpha value is -3.43. The van der Waals surface area contributed by atoms with Gasteiger partial charge in [0.1, 0.15) is 5.58 Å². The lowest BCUT2D eigenvalue weighted by molar-refractivity contribution is 0.187. The maximum atomic E-state index is 13.6. The van der Waals surface area contributed by atoms with Crippen molar-refractivity contribution in [1.29, 1.82) is 0 Å². The van der Waals surface area contributed by atoms with Crippen molar-refractivity contribution in [2.24, 2.45) is 10.5 Å². The molecule has 5 aromatic rings. The Kier molecular flexibility index (Phi) is 7.64. The first-order chi connectivity index (χ1) is 18.7. The largest absolute Gasteiger partial charge is 0.490 e. The molecule has 0 amide bonds. The number of furan rings is 1. The van der Waals surface area contributed by atoms with Crippen LogP contribution in [0.1, 0.15) is 33.3 Å². The van der Waals surface area contributed by atoms with Crippen molar-refractivity contribution in [3.63, 3.8) is 0 Å². The summed E-state index contributed by atoms with van der Waals surface area (Å²) in [4.78, 5) is 18.4. The van der Waals surface area contributed by atoms with E-state index in [0.29, 0.717) is 67.3 Å². The molecule has 0 atom stereocenters. The zero-order valence-electron chi connectivity index (χ0n) is 22.0. The van der Waals surface area contributed by atoms with E-state index in [4.69, 9.17) is 18.9 Å². The molecule has 2 heterocycles. The molecule has 0 spiro atoms. The van der Waals surface area contributed by atoms with Gasteiger partial charge in [0.15, 0.2) is 17.3 Å². The molecule has 0 aliphatic carbocycles. The van der Waals surface area contributed by atoms with Crippen molar-refractivity contribution in [3.8, 4) is 23.1 Å². The standard InChI is InChI=1S/C30H27Br2N3O4/c1-5-37-23-15-19(25(31)26(32)27(23)38-17-30(2,3)4)16-33-35-28(24-14-18-10-6-9-13-22(18)39-24)34-21-12-8-7-11-20(21)29(35)36/h6-16H,5,17H2,1-4H3. The molecule has 0 saturated carbocycles. The van der Waals surface area contributed by atoms with Gasteiger partial charge in [0.25, 0.3) is 5.56 Å². The lowest BCUT2D eigenvalue weighted by Crippen LogP contribution is -2.20. The fraction of sp³-hybridized carbons (Fsp3) is 0.233. The molecular weight excluding hydrogens is 626 g/mol. The fourth-order valence-electron chi connectivity index (χ4n) is 3.99. The van der Waals surface area contributed by atoms with E-state index in [-0.39, 0.29) is 11.0 Å². The van der Waals surface area contributed by atoms with Gasteiger partial charge in [0, 0.05) is 15.4 Å². The number of ether oxygens (including phenoxy) is 2. The molecule has 0 fully saturated rings. The van der Waals surface area contributed by atoms with E-state index >= 15 is 0 Å². The molecule has 0 aliphatic heterocycles. The molecule has 3 aromatic carbocycles. The monoisotopic (exact) mass is 651 g/mol. The first-order valence-corrected chi connectivity index (χ1v) is 14.1. The van der Waals surface area contributed by atoms with E-state index in [2.05, 4.69) is 57.7 Å². The van der Waals surface area contributed by atoms with Crippen LogP contribution in [-0.4, -0.2) is 29.1 Å². The predicted molar refractivity (Wildman–Crippen MR) is 162 cm³/mol. The normalized spacial score (nSPS) is 12.1. The van der Waals surface area contributed by atoms with Crippen molar-refractivity contribution in [3.05, 3.63) is 85.5 Å². The first-order valence-electron chi connectivity index (χ1n) is 12.5. The van der Waals surface area contributed by atoms with Gasteiger partial charge in [-0.05, 0) is 74.5 Å². The summed E-state index contributed by atoms with van der Waals surface area (Å²) < 4.78 is 20.8. The number of para-hydroxylation sites is 2. The van der Waals surface area contributed by atoms with E-state index in [9.17, 15) is 4.79 Å². The van der Waals surface area contributed by atoms with Gasteiger partial charge in [-0.25, -0.2) is 4.98 Å². The van der Waals surface area contributed by atoms with Gasteiger partial charge in [-0.1, -0.05) is 51.1 Å². The van der Waals surface area contributed by atoms with Gasteiger partial charge < -0.3 is 13.9 Å². The van der Waals surface area contributed by atoms with E-state index in [1.807, 2.05) is 49.4 Å². The molecule has 0 radical (unpaired) electrons. The van der Waals surface area contributed by atoms with E-state index < -0.39 is 0 Å². The highest BCUT2D eigenvalue weighted by molar-refractivity contribution is 9.13. The molecule has 0 saturated heterocycles. The van der Waals surface area contributed by atoms with Crippen LogP contribution < -0.4 is 15.0 Å². The fourth-order valence-corrected chi connectivity index (χ4v) is 4.92. The zero-order chi connectivity index (χ0) is 27.7. The smallest absolute Gasteiger partial charge is 0.282 e. The van der Waals surface area contributed by atoms with Gasteiger partial charge in [-0.2, -0.15) is 9.78 Å². The van der Waals surface area contributed by atoms with Crippen LogP contribution in [0.4, 0.5) is 0 Å². The van der Waals surface area contributed by atoms with Crippen molar-refractivity contribution in [2.75, 3.05) is 13.2 Å². The number of hydrogen-bond acceptors (Lipinski definition) is 6. The Labute approximate surface area is 242 Å². The number of nitrogens with zero attached hydrogens (tertiary/aromatic N) is 3. The second kappa shape index (κ2) is 11.0. The number of rotatable bonds is 7. The molecule has 0 aliphatic rings. The third-order valence-corrected chi connectivity index (χ3v) is 7.96. The van der Waals surface area contributed by atoms with Crippen LogP contribution in [0.3, 0.4) is 0 Å².